The Kier molecular flexibility index (Phi) is 19.0. The van der Waals surface area contributed by atoms with E-state index in [4.69, 9.17) is 5.73 Å². The van der Waals surface area contributed by atoms with Crippen molar-refractivity contribution in [1.29, 1.82) is 0 Å². The van der Waals surface area contributed by atoms with Gasteiger partial charge in [-0.25, -0.2) is 4.79 Å². The second-order valence-corrected chi connectivity index (χ2v) is 17.4. The minimum atomic E-state index is -1.47. The van der Waals surface area contributed by atoms with E-state index in [-0.39, 0.29) is 44.7 Å². The number of carboxylic acid groups (broad SMARTS) is 2. The molecule has 19 nitrogen and oxygen atoms in total. The Hall–Kier alpha value is -6.37. The number of carboxylic acids is 2. The van der Waals surface area contributed by atoms with Gasteiger partial charge in [0.25, 0.3) is 0 Å². The minimum absolute atomic E-state index is 0.0298. The molecular weight excluding hydrogens is 841 g/mol. The summed E-state index contributed by atoms with van der Waals surface area (Å²) in [4.78, 5) is 123. The van der Waals surface area contributed by atoms with Crippen molar-refractivity contribution in [2.75, 3.05) is 13.1 Å². The van der Waals surface area contributed by atoms with Crippen molar-refractivity contribution in [1.82, 2.24) is 36.4 Å². The van der Waals surface area contributed by atoms with Crippen molar-refractivity contribution in [3.05, 3.63) is 71.8 Å². The zero-order chi connectivity index (χ0) is 48.0. The molecule has 2 aromatic rings. The van der Waals surface area contributed by atoms with Crippen LogP contribution in [0.4, 0.5) is 0 Å². The smallest absolute Gasteiger partial charge is 0.326 e. The largest absolute Gasteiger partial charge is 0.481 e. The molecule has 0 saturated carbocycles. The topological polar surface area (TPSA) is 287 Å². The quantitative estimate of drug-likeness (QED) is 0.0802. The monoisotopic (exact) mass is 904 g/mol. The molecule has 9 N–H and O–H groups in total. The van der Waals surface area contributed by atoms with Crippen molar-refractivity contribution in [2.45, 2.75) is 134 Å². The number of hydrogen-bond acceptors (Lipinski definition) is 10. The van der Waals surface area contributed by atoms with Gasteiger partial charge in [-0.2, -0.15) is 0 Å². The van der Waals surface area contributed by atoms with Crippen molar-refractivity contribution >= 4 is 53.3 Å². The normalized spacial score (nSPS) is 18.7. The standard InChI is InChI=1S/C46H64N8O11/c1-26(2)37(47)42(60)48-28(5)44(62)53-22-12-18-34(53)41(59)50-32(24-29-14-8-6-9-15-29)45(63)54-23-13-19-35(54)40(58)49-31(20-21-36(55)56)39(57)52-38(27(3)4)43(61)51-33(46(64)65)25-30-16-10-7-11-17-30/h6-11,14-17,26-28,31-35,37-38H,12-13,18-25,47H2,1-5H3,(H,48,60)(H,49,58)(H,50,59)(H,51,61)(H,52,57)(H,55,56)(H,64,65)/t28-,31-,32-,33-,34-,35-,37-,38-/m0/s1. The van der Waals surface area contributed by atoms with E-state index in [0.717, 1.165) is 0 Å². The van der Waals surface area contributed by atoms with E-state index >= 15 is 0 Å². The summed E-state index contributed by atoms with van der Waals surface area (Å²) < 4.78 is 0. The highest BCUT2D eigenvalue weighted by molar-refractivity contribution is 5.98. The molecule has 0 bridgehead atoms. The number of nitrogens with one attached hydrogen (secondary N) is 5. The number of nitrogens with zero attached hydrogens (tertiary/aromatic N) is 2. The first kappa shape index (κ1) is 51.3. The van der Waals surface area contributed by atoms with Crippen LogP contribution in [0.5, 0.6) is 0 Å². The van der Waals surface area contributed by atoms with Crippen LogP contribution in [0.3, 0.4) is 0 Å². The Morgan fingerprint density at radius 1 is 0.600 bits per heavy atom. The lowest BCUT2D eigenvalue weighted by Crippen LogP contribution is -2.60. The van der Waals surface area contributed by atoms with Crippen LogP contribution >= 0.6 is 0 Å². The maximum absolute atomic E-state index is 14.5. The summed E-state index contributed by atoms with van der Waals surface area (Å²) in [6.07, 6.45) is 0.466. The molecule has 2 aliphatic heterocycles. The summed E-state index contributed by atoms with van der Waals surface area (Å²) >= 11 is 0. The Bertz CT molecular complexity index is 2020. The lowest BCUT2D eigenvalue weighted by molar-refractivity contribution is -0.144. The highest BCUT2D eigenvalue weighted by Gasteiger charge is 2.42. The molecule has 0 aromatic heterocycles. The number of likely N-dealkylation sites (tertiary alicyclic amines) is 2. The SMILES string of the molecule is CC(C)[C@H](N)C(=O)N[C@@H](C)C(=O)N1CCC[C@H]1C(=O)N[C@@H](Cc1ccccc1)C(=O)N1CCC[C@H]1C(=O)N[C@@H](CCC(=O)O)C(=O)N[C@H](C(=O)N[C@@H](Cc1ccccc1)C(=O)O)C(C)C. The van der Waals surface area contributed by atoms with Gasteiger partial charge >= 0.3 is 11.9 Å². The van der Waals surface area contributed by atoms with Crippen LogP contribution in [-0.4, -0.2) is 135 Å². The maximum Gasteiger partial charge on any atom is 0.326 e. The summed E-state index contributed by atoms with van der Waals surface area (Å²) in [5, 5.41) is 32.5. The van der Waals surface area contributed by atoms with Crippen LogP contribution in [0.1, 0.15) is 84.3 Å². The lowest BCUT2D eigenvalue weighted by Gasteiger charge is -2.32. The van der Waals surface area contributed by atoms with Crippen LogP contribution in [0, 0.1) is 11.8 Å². The second-order valence-electron chi connectivity index (χ2n) is 17.4. The van der Waals surface area contributed by atoms with E-state index in [1.807, 2.05) is 0 Å². The van der Waals surface area contributed by atoms with Gasteiger partial charge < -0.3 is 52.3 Å². The van der Waals surface area contributed by atoms with E-state index < -0.39 is 114 Å². The Labute approximate surface area is 379 Å². The third kappa shape index (κ3) is 14.6. The third-order valence-electron chi connectivity index (χ3n) is 11.7. The van der Waals surface area contributed by atoms with Crippen molar-refractivity contribution < 1.29 is 53.4 Å². The zero-order valence-corrected chi connectivity index (χ0v) is 37.7. The average molecular weight is 905 g/mol. The number of carbonyl (C=O) groups is 9. The molecule has 4 rings (SSSR count). The predicted octanol–water partition coefficient (Wildman–Crippen LogP) is 0.486. The van der Waals surface area contributed by atoms with Crippen molar-refractivity contribution in [3.63, 3.8) is 0 Å². The van der Waals surface area contributed by atoms with Gasteiger partial charge in [-0.3, -0.25) is 38.4 Å². The van der Waals surface area contributed by atoms with Gasteiger partial charge in [-0.1, -0.05) is 88.4 Å². The molecule has 2 aliphatic rings. The van der Waals surface area contributed by atoms with Gasteiger partial charge in [0, 0.05) is 32.4 Å². The summed E-state index contributed by atoms with van der Waals surface area (Å²) in [5.41, 5.74) is 7.33. The van der Waals surface area contributed by atoms with Gasteiger partial charge in [0.2, 0.25) is 41.4 Å². The fourth-order valence-corrected chi connectivity index (χ4v) is 7.95. The molecule has 2 aromatic carbocycles. The third-order valence-corrected chi connectivity index (χ3v) is 11.7. The Balaban J connectivity index is 1.50. The summed E-state index contributed by atoms with van der Waals surface area (Å²) in [7, 11) is 0. The minimum Gasteiger partial charge on any atom is -0.481 e. The number of nitrogens with two attached hydrogens (primary N) is 1. The summed E-state index contributed by atoms with van der Waals surface area (Å²) in [6.45, 7) is 8.70. The Morgan fingerprint density at radius 2 is 1.09 bits per heavy atom. The first-order chi connectivity index (χ1) is 30.8. The zero-order valence-electron chi connectivity index (χ0n) is 37.7. The molecule has 2 fully saturated rings. The van der Waals surface area contributed by atoms with Crippen molar-refractivity contribution in [2.24, 2.45) is 17.6 Å². The molecule has 7 amide bonds. The van der Waals surface area contributed by atoms with Crippen LogP contribution < -0.4 is 32.3 Å². The van der Waals surface area contributed by atoms with E-state index in [2.05, 4.69) is 26.6 Å². The van der Waals surface area contributed by atoms with Crippen LogP contribution in [0.25, 0.3) is 0 Å². The molecule has 19 heteroatoms. The Morgan fingerprint density at radius 3 is 1.57 bits per heavy atom. The molecule has 2 heterocycles. The van der Waals surface area contributed by atoms with Gasteiger partial charge in [-0.15, -0.1) is 0 Å². The molecular formula is C46H64N8O11. The van der Waals surface area contributed by atoms with Crippen LogP contribution in [0.2, 0.25) is 0 Å². The predicted molar refractivity (Wildman–Crippen MR) is 237 cm³/mol. The maximum atomic E-state index is 14.5. The number of hydrogen-bond donors (Lipinski definition) is 8. The fourth-order valence-electron chi connectivity index (χ4n) is 7.95. The van der Waals surface area contributed by atoms with Gasteiger partial charge in [0.05, 0.1) is 6.04 Å². The second kappa shape index (κ2) is 24.1. The number of amides is 7. The number of benzene rings is 2. The molecule has 2 saturated heterocycles. The van der Waals surface area contributed by atoms with E-state index in [1.54, 1.807) is 88.4 Å². The highest BCUT2D eigenvalue weighted by Crippen LogP contribution is 2.23. The van der Waals surface area contributed by atoms with Gasteiger partial charge in [0.1, 0.15) is 42.3 Å². The lowest BCUT2D eigenvalue weighted by atomic mass is 10.00. The fraction of sp³-hybridized carbons (Fsp3) is 0.543. The highest BCUT2D eigenvalue weighted by atomic mass is 16.4. The van der Waals surface area contributed by atoms with Crippen LogP contribution in [-0.2, 0) is 56.0 Å². The number of carbonyl (C=O) groups excluding carboxylic acids is 7. The first-order valence-corrected chi connectivity index (χ1v) is 22.2. The van der Waals surface area contributed by atoms with Gasteiger partial charge in [0.15, 0.2) is 0 Å². The van der Waals surface area contributed by atoms with Crippen molar-refractivity contribution in [3.8, 4) is 0 Å². The average Bonchev–Trinajstić information content (AvgIpc) is 3.97. The molecule has 65 heavy (non-hydrogen) atoms. The van der Waals surface area contributed by atoms with E-state index in [9.17, 15) is 53.4 Å². The summed E-state index contributed by atoms with van der Waals surface area (Å²) in [5.74, 6) is -7.89. The van der Waals surface area contributed by atoms with Crippen LogP contribution in [0.15, 0.2) is 60.7 Å². The van der Waals surface area contributed by atoms with E-state index in [0.29, 0.717) is 30.4 Å². The number of aliphatic carboxylic acids is 2. The molecule has 0 unspecified atom stereocenters. The summed E-state index contributed by atoms with van der Waals surface area (Å²) in [6, 6.07) is 8.40. The van der Waals surface area contributed by atoms with Gasteiger partial charge in [-0.05, 0) is 62.0 Å². The molecule has 0 spiro atoms. The molecule has 0 radical (unpaired) electrons. The molecule has 354 valence electrons. The number of rotatable bonds is 22. The first-order valence-electron chi connectivity index (χ1n) is 22.2. The molecule has 0 aliphatic carbocycles. The van der Waals surface area contributed by atoms with E-state index in [1.165, 1.54) is 16.7 Å². The molecule has 8 atom stereocenters.